The Morgan fingerprint density at radius 3 is 2.65 bits per heavy atom. The summed E-state index contributed by atoms with van der Waals surface area (Å²) in [6, 6.07) is 4.35. The number of piperidine rings is 1. The van der Waals surface area contributed by atoms with E-state index in [0.717, 1.165) is 32.4 Å². The third-order valence-electron chi connectivity index (χ3n) is 4.64. The first-order valence-electron chi connectivity index (χ1n) is 8.59. The molecule has 1 saturated heterocycles. The fourth-order valence-corrected chi connectivity index (χ4v) is 3.14. The van der Waals surface area contributed by atoms with Gasteiger partial charge in [-0.15, -0.1) is 0 Å². The van der Waals surface area contributed by atoms with Gasteiger partial charge in [-0.3, -0.25) is 10.1 Å². The number of anilines is 1. The minimum atomic E-state index is -0.589. The van der Waals surface area contributed by atoms with Crippen molar-refractivity contribution in [3.8, 4) is 0 Å². The van der Waals surface area contributed by atoms with Crippen molar-refractivity contribution in [3.05, 3.63) is 50.9 Å². The Hall–Kier alpha value is -2.90. The molecule has 0 saturated carbocycles. The Labute approximate surface area is 150 Å². The average molecular weight is 359 g/mol. The van der Waals surface area contributed by atoms with Crippen molar-refractivity contribution in [3.63, 3.8) is 0 Å². The molecule has 3 rings (SSSR count). The average Bonchev–Trinajstić information content (AvgIpc) is 2.97. The number of hydrogen-bond acceptors (Lipinski definition) is 7. The highest BCUT2D eigenvalue weighted by molar-refractivity contribution is 5.96. The SMILES string of the molecule is Cc1noc(C)c1COC(=O)c1cc([N+](=O)[O-])ccc1N1CCCCC1. The third kappa shape index (κ3) is 3.68. The molecule has 8 nitrogen and oxygen atoms in total. The van der Waals surface area contributed by atoms with Crippen LogP contribution in [0.25, 0.3) is 0 Å². The molecule has 26 heavy (non-hydrogen) atoms. The summed E-state index contributed by atoms with van der Waals surface area (Å²) in [6.45, 7) is 5.17. The number of nitrogens with zero attached hydrogens (tertiary/aromatic N) is 3. The lowest BCUT2D eigenvalue weighted by molar-refractivity contribution is -0.384. The Balaban J connectivity index is 1.86. The fourth-order valence-electron chi connectivity index (χ4n) is 3.14. The largest absolute Gasteiger partial charge is 0.457 e. The molecule has 1 aliphatic rings. The van der Waals surface area contributed by atoms with Gasteiger partial charge < -0.3 is 14.2 Å². The van der Waals surface area contributed by atoms with Gasteiger partial charge in [0.2, 0.25) is 0 Å². The Morgan fingerprint density at radius 1 is 1.31 bits per heavy atom. The lowest BCUT2D eigenvalue weighted by atomic mass is 10.1. The molecule has 0 N–H and O–H groups in total. The summed E-state index contributed by atoms with van der Waals surface area (Å²) in [5.74, 6) is -0.000121. The molecule has 0 spiro atoms. The first-order valence-corrected chi connectivity index (χ1v) is 8.59. The molecule has 0 atom stereocenters. The van der Waals surface area contributed by atoms with Crippen LogP contribution >= 0.6 is 0 Å². The van der Waals surface area contributed by atoms with Crippen molar-refractivity contribution < 1.29 is 19.0 Å². The molecule has 0 bridgehead atoms. The van der Waals surface area contributed by atoms with Gasteiger partial charge in [-0.25, -0.2) is 4.79 Å². The van der Waals surface area contributed by atoms with E-state index in [0.29, 0.717) is 22.7 Å². The van der Waals surface area contributed by atoms with Crippen LogP contribution < -0.4 is 4.90 Å². The van der Waals surface area contributed by atoms with E-state index in [-0.39, 0.29) is 17.9 Å². The van der Waals surface area contributed by atoms with Crippen molar-refractivity contribution in [2.75, 3.05) is 18.0 Å². The van der Waals surface area contributed by atoms with Gasteiger partial charge in [-0.2, -0.15) is 0 Å². The number of benzene rings is 1. The van der Waals surface area contributed by atoms with Crippen molar-refractivity contribution >= 4 is 17.3 Å². The van der Waals surface area contributed by atoms with E-state index in [4.69, 9.17) is 9.26 Å². The minimum absolute atomic E-state index is 0.0160. The molecule has 8 heteroatoms. The molecule has 1 fully saturated rings. The number of carbonyl (C=O) groups excluding carboxylic acids is 1. The molecule has 0 unspecified atom stereocenters. The van der Waals surface area contributed by atoms with Gasteiger partial charge in [-0.05, 0) is 39.2 Å². The maximum Gasteiger partial charge on any atom is 0.340 e. The van der Waals surface area contributed by atoms with E-state index in [9.17, 15) is 14.9 Å². The highest BCUT2D eigenvalue weighted by Gasteiger charge is 2.23. The number of carbonyl (C=O) groups is 1. The standard InChI is InChI=1S/C18H21N3O5/c1-12-16(13(2)26-19-12)11-25-18(22)15-10-14(21(23)24)6-7-17(15)20-8-4-3-5-9-20/h6-7,10H,3-5,8-9,11H2,1-2H3. The number of ether oxygens (including phenoxy) is 1. The second-order valence-corrected chi connectivity index (χ2v) is 6.39. The van der Waals surface area contributed by atoms with E-state index in [1.54, 1.807) is 19.9 Å². The number of rotatable bonds is 5. The van der Waals surface area contributed by atoms with Crippen molar-refractivity contribution in [2.24, 2.45) is 0 Å². The molecule has 2 heterocycles. The first kappa shape index (κ1) is 17.9. The molecule has 2 aromatic rings. The summed E-state index contributed by atoms with van der Waals surface area (Å²) in [6.07, 6.45) is 3.21. The zero-order valence-corrected chi connectivity index (χ0v) is 14.9. The molecule has 0 aliphatic carbocycles. The molecule has 1 aromatic carbocycles. The van der Waals surface area contributed by atoms with Crippen LogP contribution in [0, 0.1) is 24.0 Å². The van der Waals surface area contributed by atoms with Gasteiger partial charge in [0.05, 0.1) is 27.4 Å². The summed E-state index contributed by atoms with van der Waals surface area (Å²) >= 11 is 0. The van der Waals surface area contributed by atoms with Crippen molar-refractivity contribution in [2.45, 2.75) is 39.7 Å². The maximum atomic E-state index is 12.7. The van der Waals surface area contributed by atoms with Crippen LogP contribution in [0.2, 0.25) is 0 Å². The Morgan fingerprint density at radius 2 is 2.04 bits per heavy atom. The smallest absolute Gasteiger partial charge is 0.340 e. The Bertz CT molecular complexity index is 805. The maximum absolute atomic E-state index is 12.7. The molecule has 1 aliphatic heterocycles. The number of hydrogen-bond donors (Lipinski definition) is 0. The quantitative estimate of drug-likeness (QED) is 0.457. The zero-order valence-electron chi connectivity index (χ0n) is 14.9. The van der Waals surface area contributed by atoms with Gasteiger partial charge in [0.1, 0.15) is 12.4 Å². The second-order valence-electron chi connectivity index (χ2n) is 6.39. The van der Waals surface area contributed by atoms with Crippen LogP contribution in [0.5, 0.6) is 0 Å². The van der Waals surface area contributed by atoms with Gasteiger partial charge >= 0.3 is 5.97 Å². The van der Waals surface area contributed by atoms with Crippen molar-refractivity contribution in [1.82, 2.24) is 5.16 Å². The summed E-state index contributed by atoms with van der Waals surface area (Å²) < 4.78 is 10.5. The summed E-state index contributed by atoms with van der Waals surface area (Å²) in [4.78, 5) is 25.4. The van der Waals surface area contributed by atoms with E-state index in [1.807, 2.05) is 0 Å². The highest BCUT2D eigenvalue weighted by atomic mass is 16.6. The summed E-state index contributed by atoms with van der Waals surface area (Å²) in [7, 11) is 0. The molecule has 1 aromatic heterocycles. The molecular weight excluding hydrogens is 338 g/mol. The summed E-state index contributed by atoms with van der Waals surface area (Å²) in [5.41, 5.74) is 2.14. The Kier molecular flexibility index (Phi) is 5.20. The van der Waals surface area contributed by atoms with E-state index in [2.05, 4.69) is 10.1 Å². The van der Waals surface area contributed by atoms with Gasteiger partial charge in [0, 0.05) is 25.2 Å². The topological polar surface area (TPSA) is 98.7 Å². The molecular formula is C18H21N3O5. The molecule has 0 amide bonds. The number of non-ortho nitro benzene ring substituents is 1. The number of esters is 1. The fraction of sp³-hybridized carbons (Fsp3) is 0.444. The number of aryl methyl sites for hydroxylation is 2. The second kappa shape index (κ2) is 7.55. The van der Waals surface area contributed by atoms with E-state index in [1.165, 1.54) is 12.1 Å². The highest BCUT2D eigenvalue weighted by Crippen LogP contribution is 2.29. The summed E-state index contributed by atoms with van der Waals surface area (Å²) in [5, 5.41) is 14.9. The lowest BCUT2D eigenvalue weighted by Gasteiger charge is -2.30. The van der Waals surface area contributed by atoms with Crippen molar-refractivity contribution in [1.29, 1.82) is 0 Å². The van der Waals surface area contributed by atoms with Crippen LogP contribution in [-0.4, -0.2) is 29.1 Å². The van der Waals surface area contributed by atoms with Crippen LogP contribution in [0.3, 0.4) is 0 Å². The predicted molar refractivity (Wildman–Crippen MR) is 94.3 cm³/mol. The normalized spacial score (nSPS) is 14.3. The van der Waals surface area contributed by atoms with Crippen LogP contribution in [0.1, 0.15) is 46.6 Å². The molecule has 0 radical (unpaired) electrons. The van der Waals surface area contributed by atoms with Gasteiger partial charge in [-0.1, -0.05) is 5.16 Å². The van der Waals surface area contributed by atoms with Gasteiger partial charge in [0.25, 0.3) is 5.69 Å². The molecule has 138 valence electrons. The van der Waals surface area contributed by atoms with Crippen LogP contribution in [0.4, 0.5) is 11.4 Å². The third-order valence-corrected chi connectivity index (χ3v) is 4.64. The van der Waals surface area contributed by atoms with Crippen LogP contribution in [-0.2, 0) is 11.3 Å². The van der Waals surface area contributed by atoms with Gasteiger partial charge in [0.15, 0.2) is 0 Å². The number of nitro benzene ring substituents is 1. The number of aromatic nitrogens is 1. The van der Waals surface area contributed by atoms with E-state index < -0.39 is 10.9 Å². The van der Waals surface area contributed by atoms with E-state index >= 15 is 0 Å². The predicted octanol–water partition coefficient (Wildman–Crippen LogP) is 3.55. The minimum Gasteiger partial charge on any atom is -0.457 e. The lowest BCUT2D eigenvalue weighted by Crippen LogP contribution is -2.31. The monoisotopic (exact) mass is 359 g/mol. The first-order chi connectivity index (χ1) is 12.5. The number of nitro groups is 1. The van der Waals surface area contributed by atoms with Crippen LogP contribution in [0.15, 0.2) is 22.7 Å². The zero-order chi connectivity index (χ0) is 18.7.